The molecule has 25 heavy (non-hydrogen) atoms. The Kier molecular flexibility index (Phi) is 3.31. The van der Waals surface area contributed by atoms with E-state index in [1.165, 1.54) is 46.9 Å². The Balaban J connectivity index is 1.99. The fourth-order valence-corrected chi connectivity index (χ4v) is 6.55. The number of hydrogen-bond donors (Lipinski definition) is 0. The first-order chi connectivity index (χ1) is 12.2. The van der Waals surface area contributed by atoms with Crippen LogP contribution < -0.4 is 4.57 Å². The molecule has 0 unspecified atom stereocenters. The SMILES string of the molecule is Cc1ccccc1-c1c2[se]c3ccc4ccccc4c3c2cc[n+]1C. The van der Waals surface area contributed by atoms with Gasteiger partial charge in [-0.3, -0.25) is 0 Å². The Morgan fingerprint density at radius 1 is 0.800 bits per heavy atom. The van der Waals surface area contributed by atoms with Crippen molar-refractivity contribution in [3.8, 4) is 11.3 Å². The second-order valence-corrected chi connectivity index (χ2v) is 8.80. The zero-order valence-corrected chi connectivity index (χ0v) is 16.0. The van der Waals surface area contributed by atoms with Crippen LogP contribution in [0.1, 0.15) is 5.56 Å². The second-order valence-electron chi connectivity index (χ2n) is 6.59. The van der Waals surface area contributed by atoms with Gasteiger partial charge in [0.2, 0.25) is 0 Å². The van der Waals surface area contributed by atoms with Gasteiger partial charge >= 0.3 is 153 Å². The maximum atomic E-state index is 2.33. The molecule has 0 bridgehead atoms. The van der Waals surface area contributed by atoms with Crippen LogP contribution in [-0.4, -0.2) is 14.5 Å². The van der Waals surface area contributed by atoms with Gasteiger partial charge in [0.05, 0.1) is 0 Å². The molecule has 2 heterocycles. The van der Waals surface area contributed by atoms with Crippen molar-refractivity contribution in [3.05, 3.63) is 78.5 Å². The third-order valence-corrected chi connectivity index (χ3v) is 7.52. The minimum atomic E-state index is 0.339. The molecule has 0 N–H and O–H groups in total. The van der Waals surface area contributed by atoms with Gasteiger partial charge in [-0.25, -0.2) is 0 Å². The van der Waals surface area contributed by atoms with E-state index in [1.807, 2.05) is 0 Å². The average molecular weight is 387 g/mol. The standard InChI is InChI=1S/C23H18NSe/c1-15-7-3-5-9-17(15)22-23-19(13-14-24(22)2)21-18-10-6-4-8-16(18)11-12-20(21)25-23/h3-14H,1-2H3/q+1. The van der Waals surface area contributed by atoms with Crippen molar-refractivity contribution in [2.24, 2.45) is 7.05 Å². The van der Waals surface area contributed by atoms with Crippen LogP contribution in [0.5, 0.6) is 0 Å². The molecule has 0 aliphatic carbocycles. The van der Waals surface area contributed by atoms with Gasteiger partial charge in [0.15, 0.2) is 0 Å². The number of nitrogens with zero attached hydrogens (tertiary/aromatic N) is 1. The van der Waals surface area contributed by atoms with E-state index in [2.05, 4.69) is 91.5 Å². The quantitative estimate of drug-likeness (QED) is 0.281. The summed E-state index contributed by atoms with van der Waals surface area (Å²) in [4.78, 5) is 0. The Labute approximate surface area is 152 Å². The summed E-state index contributed by atoms with van der Waals surface area (Å²) >= 11 is 0.339. The van der Waals surface area contributed by atoms with Crippen LogP contribution in [0.3, 0.4) is 0 Å². The molecule has 0 atom stereocenters. The molecule has 0 amide bonds. The van der Waals surface area contributed by atoms with Crippen LogP contribution in [0.15, 0.2) is 72.9 Å². The molecule has 0 aliphatic rings. The van der Waals surface area contributed by atoms with E-state index in [1.54, 1.807) is 0 Å². The van der Waals surface area contributed by atoms with E-state index in [4.69, 9.17) is 0 Å². The third kappa shape index (κ3) is 2.18. The topological polar surface area (TPSA) is 3.88 Å². The molecule has 120 valence electrons. The van der Waals surface area contributed by atoms with Crippen LogP contribution in [0.4, 0.5) is 0 Å². The van der Waals surface area contributed by atoms with Gasteiger partial charge in [-0.05, 0) is 0 Å². The molecule has 2 aromatic heterocycles. The number of aromatic nitrogens is 1. The van der Waals surface area contributed by atoms with E-state index in [9.17, 15) is 0 Å². The van der Waals surface area contributed by atoms with Gasteiger partial charge in [-0.1, -0.05) is 0 Å². The monoisotopic (exact) mass is 388 g/mol. The van der Waals surface area contributed by atoms with Gasteiger partial charge < -0.3 is 0 Å². The maximum absolute atomic E-state index is 2.33. The summed E-state index contributed by atoms with van der Waals surface area (Å²) in [6, 6.07) is 24.4. The Morgan fingerprint density at radius 3 is 2.48 bits per heavy atom. The van der Waals surface area contributed by atoms with Crippen molar-refractivity contribution >= 4 is 44.6 Å². The fourth-order valence-electron chi connectivity index (χ4n) is 3.80. The fraction of sp³-hybridized carbons (Fsp3) is 0.0870. The van der Waals surface area contributed by atoms with Crippen LogP contribution >= 0.6 is 0 Å². The van der Waals surface area contributed by atoms with E-state index < -0.39 is 0 Å². The van der Waals surface area contributed by atoms with E-state index >= 15 is 0 Å². The van der Waals surface area contributed by atoms with Gasteiger partial charge in [0, 0.05) is 0 Å². The van der Waals surface area contributed by atoms with Crippen LogP contribution in [0.2, 0.25) is 0 Å². The molecule has 0 radical (unpaired) electrons. The molecule has 2 heteroatoms. The van der Waals surface area contributed by atoms with Crippen LogP contribution in [0.25, 0.3) is 41.3 Å². The predicted molar refractivity (Wildman–Crippen MR) is 107 cm³/mol. The molecule has 5 aromatic rings. The predicted octanol–water partition coefficient (Wildman–Crippen LogP) is 5.00. The molecule has 0 fully saturated rings. The second kappa shape index (κ2) is 5.56. The number of hydrogen-bond acceptors (Lipinski definition) is 0. The van der Waals surface area contributed by atoms with Crippen LogP contribution in [0, 0.1) is 6.92 Å². The molecule has 5 rings (SSSR count). The van der Waals surface area contributed by atoms with Crippen molar-refractivity contribution in [2.45, 2.75) is 6.92 Å². The first-order valence-electron chi connectivity index (χ1n) is 8.52. The summed E-state index contributed by atoms with van der Waals surface area (Å²) in [7, 11) is 2.17. The van der Waals surface area contributed by atoms with Crippen molar-refractivity contribution in [2.75, 3.05) is 0 Å². The number of rotatable bonds is 1. The first kappa shape index (κ1) is 14.9. The number of benzene rings is 3. The van der Waals surface area contributed by atoms with E-state index in [0.29, 0.717) is 14.5 Å². The molecule has 1 nitrogen and oxygen atoms in total. The average Bonchev–Trinajstić information content (AvgIpc) is 3.01. The van der Waals surface area contributed by atoms with Gasteiger partial charge in [-0.15, -0.1) is 0 Å². The van der Waals surface area contributed by atoms with Crippen molar-refractivity contribution in [3.63, 3.8) is 0 Å². The van der Waals surface area contributed by atoms with E-state index in [-0.39, 0.29) is 0 Å². The molecule has 3 aromatic carbocycles. The molecule has 0 spiro atoms. The van der Waals surface area contributed by atoms with Gasteiger partial charge in [0.1, 0.15) is 0 Å². The van der Waals surface area contributed by atoms with E-state index in [0.717, 1.165) is 0 Å². The van der Waals surface area contributed by atoms with Crippen molar-refractivity contribution in [1.82, 2.24) is 0 Å². The molecular weight excluding hydrogens is 369 g/mol. The summed E-state index contributed by atoms with van der Waals surface area (Å²) in [5.74, 6) is 0. The number of aryl methyl sites for hydroxylation is 2. The zero-order valence-electron chi connectivity index (χ0n) is 14.3. The number of fused-ring (bicyclic) bond motifs is 5. The summed E-state index contributed by atoms with van der Waals surface area (Å²) in [5.41, 5.74) is 4.06. The summed E-state index contributed by atoms with van der Waals surface area (Å²) in [6.45, 7) is 2.21. The minimum absolute atomic E-state index is 0.339. The molecule has 0 saturated carbocycles. The Morgan fingerprint density at radius 2 is 1.60 bits per heavy atom. The van der Waals surface area contributed by atoms with Crippen molar-refractivity contribution < 1.29 is 4.57 Å². The summed E-state index contributed by atoms with van der Waals surface area (Å²) in [6.07, 6.45) is 2.22. The Hall–Kier alpha value is -2.41. The van der Waals surface area contributed by atoms with Gasteiger partial charge in [-0.2, -0.15) is 0 Å². The zero-order chi connectivity index (χ0) is 17.0. The van der Waals surface area contributed by atoms with Crippen LogP contribution in [-0.2, 0) is 7.05 Å². The number of pyridine rings is 1. The molecular formula is C23H18NSe+. The summed E-state index contributed by atoms with van der Waals surface area (Å²) in [5, 5.41) is 5.58. The molecule has 0 saturated heterocycles. The third-order valence-electron chi connectivity index (χ3n) is 5.05. The summed E-state index contributed by atoms with van der Waals surface area (Å²) < 4.78 is 5.30. The van der Waals surface area contributed by atoms with Crippen molar-refractivity contribution in [1.29, 1.82) is 0 Å². The molecule has 0 aliphatic heterocycles. The first-order valence-corrected chi connectivity index (χ1v) is 10.2. The van der Waals surface area contributed by atoms with Gasteiger partial charge in [0.25, 0.3) is 0 Å². The normalized spacial score (nSPS) is 11.6. The Bertz CT molecular complexity index is 1260.